The number of rotatable bonds is 29. The molecule has 0 radical (unpaired) electrons. The van der Waals surface area contributed by atoms with E-state index in [1.165, 1.54) is 59.1 Å². The minimum atomic E-state index is -0.876. The molecule has 0 bridgehead atoms. The number of benzene rings is 6. The zero-order chi connectivity index (χ0) is 110. The third-order valence-electron chi connectivity index (χ3n) is 28.5. The standard InChI is InChI=1S/C30H46O2.C27H36O2.C21H26Cl2O2.C17H18Cl2O2.C15H12Cl2F2O2.C15H14Cl2O2/c1-27(2,3)20-17-21(22(18-20)28(4,5)6)25(31)14-13-19-15-23(29(7,8)9)26(32)24(16-19)30(10,11)12;1-16(2)21-12-17(13-24(26(21)29)27(3,4)5)6-11-25(28)23-15-20(18-7-8-18)14-22(23)19-9-10-19;1-11(2)16-9-14(24)10-17(12(3)4)15(16)6-7-19(25)18-8-13(5)20(22)21(18)23;1-9-6-12(20)7-10(2)13(9)4-5-15(21)14-8-11(3)16(18)17(14)19;1-7-4-10(15(17)14(7)16)13(21)3-2-9-11(18)5-8(20)6-12(9)19;1-9-8-12(15(17)14(9)16)13(19)7-4-10-2-5-11(18)6-3-10/h15-16,18,32H,13-14,17H2,1-12H3;12-14,16,18-19,29H,6-11,15H2,1-5H3;9-12,24H,6-8H2,1-5H3;6-7,20H,4-5,8H2,1-3H3;5-6,20H,2-4H2,1H3;2-3,5-6,18H,4,7-8H2,1H3. The summed E-state index contributed by atoms with van der Waals surface area (Å²) in [5.41, 5.74) is 26.5. The number of phenolic OH excluding ortho intramolecular Hbond substituents is 6. The zero-order valence-electron chi connectivity index (χ0n) is 91.1. The highest BCUT2D eigenvalue weighted by Crippen LogP contribution is 2.52. The second-order valence-corrected chi connectivity index (χ2v) is 50.0. The van der Waals surface area contributed by atoms with Gasteiger partial charge in [-0.05, 0) is 343 Å². The zero-order valence-corrected chi connectivity index (χ0v) is 97.1. The first kappa shape index (κ1) is 122. The number of phenols is 6. The van der Waals surface area contributed by atoms with Crippen molar-refractivity contribution in [3.05, 3.63) is 305 Å². The van der Waals surface area contributed by atoms with Crippen LogP contribution in [-0.4, -0.2) is 65.3 Å². The number of allylic oxidation sites excluding steroid dienone is 24. The molecule has 0 atom stereocenters. The molecule has 6 N–H and O–H groups in total. The highest BCUT2D eigenvalue weighted by molar-refractivity contribution is 6.48. The van der Waals surface area contributed by atoms with Gasteiger partial charge in [0.1, 0.15) is 46.1 Å². The average Bonchev–Trinajstić information content (AvgIpc) is 1.63. The molecule has 6 aromatic carbocycles. The third kappa shape index (κ3) is 32.2. The van der Waals surface area contributed by atoms with Crippen molar-refractivity contribution >= 4 is 128 Å². The minimum Gasteiger partial charge on any atom is -0.508 e. The Kier molecular flexibility index (Phi) is 41.9. The van der Waals surface area contributed by atoms with Gasteiger partial charge in [0.05, 0.1) is 40.3 Å². The minimum absolute atomic E-state index is 0.0353. The first-order valence-electron chi connectivity index (χ1n) is 51.5. The van der Waals surface area contributed by atoms with E-state index in [0.717, 1.165) is 132 Å². The van der Waals surface area contributed by atoms with Crippen LogP contribution in [0.3, 0.4) is 0 Å². The van der Waals surface area contributed by atoms with Gasteiger partial charge in [-0.15, -0.1) is 0 Å². The van der Waals surface area contributed by atoms with Gasteiger partial charge in [-0.25, -0.2) is 8.78 Å². The fraction of sp³-hybridized carbons (Fsp3) is 0.472. The topological polar surface area (TPSA) is 224 Å². The summed E-state index contributed by atoms with van der Waals surface area (Å²) in [7, 11) is 0. The summed E-state index contributed by atoms with van der Waals surface area (Å²) in [5.74, 6) is 2.02. The number of carbonyl (C=O) groups excluding carboxylic acids is 6. The maximum absolute atomic E-state index is 13.6. The molecule has 0 aromatic heterocycles. The summed E-state index contributed by atoms with van der Waals surface area (Å²) in [6, 6.07) is 24.0. The van der Waals surface area contributed by atoms with E-state index in [1.807, 2.05) is 58.9 Å². The van der Waals surface area contributed by atoms with Crippen molar-refractivity contribution < 1.29 is 68.2 Å². The number of hydrogen-bond donors (Lipinski definition) is 6. The molecule has 0 amide bonds. The van der Waals surface area contributed by atoms with E-state index in [0.29, 0.717) is 164 Å². The van der Waals surface area contributed by atoms with Crippen molar-refractivity contribution in [2.45, 2.75) is 362 Å². The van der Waals surface area contributed by atoms with E-state index < -0.39 is 17.4 Å². The van der Waals surface area contributed by atoms with E-state index >= 15 is 0 Å². The molecule has 0 heterocycles. The number of ketones is 6. The molecule has 0 unspecified atom stereocenters. The fourth-order valence-electron chi connectivity index (χ4n) is 19.3. The molecule has 0 spiro atoms. The van der Waals surface area contributed by atoms with E-state index in [2.05, 4.69) is 182 Å². The molecule has 0 saturated heterocycles. The van der Waals surface area contributed by atoms with Gasteiger partial charge in [-0.3, -0.25) is 28.8 Å². The predicted octanol–water partition coefficient (Wildman–Crippen LogP) is 35.3. The van der Waals surface area contributed by atoms with Gasteiger partial charge in [0.15, 0.2) is 34.7 Å². The normalized spacial score (nSPS) is 16.2. The summed E-state index contributed by atoms with van der Waals surface area (Å²) in [6.07, 6.45) is 18.9. The van der Waals surface area contributed by atoms with Crippen molar-refractivity contribution in [1.29, 1.82) is 0 Å². The number of hydrogen-bond acceptors (Lipinski definition) is 12. The first-order chi connectivity index (χ1) is 68.1. The Morgan fingerprint density at radius 1 is 0.313 bits per heavy atom. The molecule has 22 heteroatoms. The SMILES string of the molecule is CC(C)(C)C1=CC(C(C)(C)C)=C(C(=O)CCc2cc(C(C)(C)C)c(O)c(C(C)(C)C)c2)C1.CC(C)c1cc(CCC(=O)C2=C(C3CC3)C=C(C3CC3)C2)cc(C(C)(C)C)c1O.CC1=C(Cl)C(Cl)=C(C(=O)CCc2c(C(C)C)cc(O)cc2C(C)C)C1.CC1=C(Cl)C(Cl)=C(C(=O)CCc2c(C)cc(O)cc2C)C1.CC1=C(Cl)C(Cl)=C(C(=O)CCc2c(F)cc(O)cc2F)C1.CC1=C(Cl)C(Cl)=C(C(=O)CCc2ccc(O)cc2)C1. The highest BCUT2D eigenvalue weighted by Gasteiger charge is 2.40. The maximum atomic E-state index is 13.6. The Morgan fingerprint density at radius 3 is 0.973 bits per heavy atom. The van der Waals surface area contributed by atoms with E-state index in [-0.39, 0.29) is 114 Å². The quantitative estimate of drug-likeness (QED) is 0.0258. The summed E-state index contributed by atoms with van der Waals surface area (Å²) in [4.78, 5) is 75.8. The molecular formula is C125H152Cl8F2O12. The lowest BCUT2D eigenvalue weighted by molar-refractivity contribution is -0.116. The summed E-state index contributed by atoms with van der Waals surface area (Å²) >= 11 is 48.5. The molecule has 6 aromatic rings. The van der Waals surface area contributed by atoms with E-state index in [4.69, 9.17) is 97.9 Å². The molecular weight excluding hydrogens is 2010 g/mol. The molecule has 8 aliphatic rings. The van der Waals surface area contributed by atoms with Gasteiger partial charge in [0.25, 0.3) is 0 Å². The number of Topliss-reactive ketones (excluding diaryl/α,β-unsaturated/α-hetero) is 6. The number of carbonyl (C=O) groups is 6. The lowest BCUT2D eigenvalue weighted by Crippen LogP contribution is -2.18. The van der Waals surface area contributed by atoms with Gasteiger partial charge in [0.2, 0.25) is 0 Å². The van der Waals surface area contributed by atoms with Gasteiger partial charge in [-0.1, -0.05) is 298 Å². The second kappa shape index (κ2) is 50.6. The fourth-order valence-corrected chi connectivity index (χ4v) is 21.4. The molecule has 8 aliphatic carbocycles. The Morgan fingerprint density at radius 2 is 0.633 bits per heavy atom. The van der Waals surface area contributed by atoms with Crippen molar-refractivity contribution in [2.75, 3.05) is 0 Å². The van der Waals surface area contributed by atoms with Crippen LogP contribution in [0.2, 0.25) is 0 Å². The van der Waals surface area contributed by atoms with E-state index in [9.17, 15) is 63.1 Å². The van der Waals surface area contributed by atoms with Crippen LogP contribution in [-0.2, 0) is 83.5 Å². The number of aryl methyl sites for hydroxylation is 5. The van der Waals surface area contributed by atoms with Crippen LogP contribution in [0.5, 0.6) is 34.5 Å². The van der Waals surface area contributed by atoms with Crippen LogP contribution >= 0.6 is 92.8 Å². The van der Waals surface area contributed by atoms with Crippen molar-refractivity contribution in [1.82, 2.24) is 0 Å². The molecule has 12 nitrogen and oxygen atoms in total. The largest absolute Gasteiger partial charge is 0.508 e. The van der Waals surface area contributed by atoms with Crippen LogP contribution in [0, 0.1) is 48.1 Å². The van der Waals surface area contributed by atoms with Crippen molar-refractivity contribution in [3.8, 4) is 34.5 Å². The first-order valence-corrected chi connectivity index (χ1v) is 54.5. The Balaban J connectivity index is 0.000000198. The van der Waals surface area contributed by atoms with Crippen molar-refractivity contribution in [2.24, 2.45) is 22.7 Å². The van der Waals surface area contributed by atoms with Crippen LogP contribution < -0.4 is 0 Å². The Labute approximate surface area is 912 Å². The Hall–Kier alpha value is -8.80. The molecule has 147 heavy (non-hydrogen) atoms. The van der Waals surface area contributed by atoms with Crippen LogP contribution in [0.1, 0.15) is 371 Å². The third-order valence-corrected chi connectivity index (χ3v) is 32.6. The molecule has 14 rings (SSSR count). The van der Waals surface area contributed by atoms with Crippen LogP contribution in [0.15, 0.2) is 215 Å². The number of halogens is 10. The van der Waals surface area contributed by atoms with Gasteiger partial charge >= 0.3 is 0 Å². The summed E-state index contributed by atoms with van der Waals surface area (Å²) < 4.78 is 27.1. The highest BCUT2D eigenvalue weighted by atomic mass is 35.5. The molecule has 794 valence electrons. The lowest BCUT2D eigenvalue weighted by atomic mass is 9.78. The van der Waals surface area contributed by atoms with Gasteiger partial charge in [0, 0.05) is 89.7 Å². The van der Waals surface area contributed by atoms with Gasteiger partial charge < -0.3 is 30.6 Å². The van der Waals surface area contributed by atoms with Crippen molar-refractivity contribution in [3.63, 3.8) is 0 Å². The molecule has 0 aliphatic heterocycles. The van der Waals surface area contributed by atoms with Crippen LogP contribution in [0.25, 0.3) is 0 Å². The Bertz CT molecular complexity index is 6280. The molecule has 2 fully saturated rings. The van der Waals surface area contributed by atoms with Crippen LogP contribution in [0.4, 0.5) is 8.78 Å². The summed E-state index contributed by atoms with van der Waals surface area (Å²) in [5, 5.41) is 62.9. The monoisotopic (exact) mass is 2160 g/mol. The number of aromatic hydroxyl groups is 6. The average molecular weight is 2170 g/mol. The molecule has 2 saturated carbocycles. The smallest absolute Gasteiger partial charge is 0.161 e. The lowest BCUT2D eigenvalue weighted by Gasteiger charge is -2.28. The van der Waals surface area contributed by atoms with Gasteiger partial charge in [-0.2, -0.15) is 0 Å². The predicted molar refractivity (Wildman–Crippen MR) is 604 cm³/mol. The maximum Gasteiger partial charge on any atom is 0.161 e. The van der Waals surface area contributed by atoms with E-state index in [1.54, 1.807) is 31.2 Å². The second-order valence-electron chi connectivity index (χ2n) is 47.0. The summed E-state index contributed by atoms with van der Waals surface area (Å²) in [6.45, 7) is 56.4.